The van der Waals surface area contributed by atoms with E-state index in [1.54, 1.807) is 10.9 Å². The highest BCUT2D eigenvalue weighted by Gasteiger charge is 2.23. The molecule has 1 aromatic carbocycles. The standard InChI is InChI=1S/C15H18ClN3O2/c1-3-9-10(11-8-18-19(2)15(11)17)7-12(16)14-13(9)20-5-4-6-21-14/h7-8H,3-6,17H2,1-2H3. The molecule has 0 fully saturated rings. The summed E-state index contributed by atoms with van der Waals surface area (Å²) >= 11 is 6.38. The second-order valence-corrected chi connectivity index (χ2v) is 5.42. The van der Waals surface area contributed by atoms with Gasteiger partial charge in [-0.15, -0.1) is 0 Å². The van der Waals surface area contributed by atoms with Crippen LogP contribution in [0.2, 0.25) is 5.02 Å². The summed E-state index contributed by atoms with van der Waals surface area (Å²) in [6, 6.07) is 1.89. The van der Waals surface area contributed by atoms with E-state index in [2.05, 4.69) is 12.0 Å². The van der Waals surface area contributed by atoms with Gasteiger partial charge in [-0.3, -0.25) is 4.68 Å². The van der Waals surface area contributed by atoms with Gasteiger partial charge in [0.15, 0.2) is 11.5 Å². The van der Waals surface area contributed by atoms with Gasteiger partial charge in [0.2, 0.25) is 0 Å². The average Bonchev–Trinajstić information content (AvgIpc) is 2.69. The summed E-state index contributed by atoms with van der Waals surface area (Å²) in [7, 11) is 1.81. The molecule has 1 aromatic heterocycles. The van der Waals surface area contributed by atoms with Crippen LogP contribution in [-0.4, -0.2) is 23.0 Å². The Morgan fingerprint density at radius 1 is 1.29 bits per heavy atom. The molecule has 0 amide bonds. The highest BCUT2D eigenvalue weighted by molar-refractivity contribution is 6.32. The van der Waals surface area contributed by atoms with Crippen LogP contribution in [0.1, 0.15) is 18.9 Å². The number of nitrogens with zero attached hydrogens (tertiary/aromatic N) is 2. The van der Waals surface area contributed by atoms with Crippen molar-refractivity contribution in [1.82, 2.24) is 9.78 Å². The summed E-state index contributed by atoms with van der Waals surface area (Å²) in [5.74, 6) is 1.98. The lowest BCUT2D eigenvalue weighted by Gasteiger charge is -2.17. The maximum Gasteiger partial charge on any atom is 0.180 e. The van der Waals surface area contributed by atoms with E-state index < -0.39 is 0 Å². The number of ether oxygens (including phenoxy) is 2. The minimum atomic E-state index is 0.544. The van der Waals surface area contributed by atoms with E-state index in [4.69, 9.17) is 26.8 Å². The fourth-order valence-corrected chi connectivity index (χ4v) is 2.84. The Morgan fingerprint density at radius 2 is 2.00 bits per heavy atom. The smallest absolute Gasteiger partial charge is 0.180 e. The van der Waals surface area contributed by atoms with E-state index in [1.165, 1.54) is 0 Å². The molecule has 2 heterocycles. The Balaban J connectivity index is 2.24. The van der Waals surface area contributed by atoms with Crippen LogP contribution in [-0.2, 0) is 13.5 Å². The van der Waals surface area contributed by atoms with Gasteiger partial charge in [0.05, 0.1) is 24.4 Å². The first-order valence-electron chi connectivity index (χ1n) is 7.02. The minimum absolute atomic E-state index is 0.544. The molecule has 21 heavy (non-hydrogen) atoms. The van der Waals surface area contributed by atoms with E-state index in [-0.39, 0.29) is 0 Å². The Morgan fingerprint density at radius 3 is 2.62 bits per heavy atom. The van der Waals surface area contributed by atoms with Crippen molar-refractivity contribution in [1.29, 1.82) is 0 Å². The fraction of sp³-hybridized carbons (Fsp3) is 0.400. The minimum Gasteiger partial charge on any atom is -0.489 e. The average molecular weight is 308 g/mol. The zero-order chi connectivity index (χ0) is 15.0. The number of benzene rings is 1. The van der Waals surface area contributed by atoms with Gasteiger partial charge in [-0.1, -0.05) is 18.5 Å². The number of hydrogen-bond acceptors (Lipinski definition) is 4. The van der Waals surface area contributed by atoms with Crippen molar-refractivity contribution in [3.05, 3.63) is 22.8 Å². The number of fused-ring (bicyclic) bond motifs is 1. The monoisotopic (exact) mass is 307 g/mol. The lowest BCUT2D eigenvalue weighted by Crippen LogP contribution is -2.02. The molecule has 1 aliphatic heterocycles. The predicted molar refractivity (Wildman–Crippen MR) is 83.1 cm³/mol. The van der Waals surface area contributed by atoms with Crippen LogP contribution in [0.15, 0.2) is 12.3 Å². The van der Waals surface area contributed by atoms with Gasteiger partial charge in [-0.2, -0.15) is 5.10 Å². The van der Waals surface area contributed by atoms with Crippen molar-refractivity contribution in [2.45, 2.75) is 19.8 Å². The molecule has 3 rings (SSSR count). The zero-order valence-corrected chi connectivity index (χ0v) is 12.9. The number of rotatable bonds is 2. The number of aryl methyl sites for hydroxylation is 1. The first kappa shape index (κ1) is 14.1. The quantitative estimate of drug-likeness (QED) is 0.926. The van der Waals surface area contributed by atoms with Crippen molar-refractivity contribution >= 4 is 17.4 Å². The first-order chi connectivity index (χ1) is 10.1. The van der Waals surface area contributed by atoms with Crippen molar-refractivity contribution in [2.24, 2.45) is 7.05 Å². The predicted octanol–water partition coefficient (Wildman–Crippen LogP) is 3.05. The molecule has 112 valence electrons. The molecule has 0 bridgehead atoms. The Kier molecular flexibility index (Phi) is 3.68. The lowest BCUT2D eigenvalue weighted by molar-refractivity contribution is 0.296. The Bertz CT molecular complexity index is 682. The molecule has 0 radical (unpaired) electrons. The molecule has 6 heteroatoms. The van der Waals surface area contributed by atoms with Crippen LogP contribution in [0, 0.1) is 0 Å². The van der Waals surface area contributed by atoms with E-state index in [0.29, 0.717) is 29.8 Å². The van der Waals surface area contributed by atoms with Gasteiger partial charge in [0.25, 0.3) is 0 Å². The topological polar surface area (TPSA) is 62.3 Å². The Labute approximate surface area is 128 Å². The van der Waals surface area contributed by atoms with Crippen LogP contribution in [0.3, 0.4) is 0 Å². The Hall–Kier alpha value is -1.88. The van der Waals surface area contributed by atoms with Gasteiger partial charge < -0.3 is 15.2 Å². The number of nitrogens with two attached hydrogens (primary N) is 1. The molecule has 0 unspecified atom stereocenters. The molecule has 0 atom stereocenters. The molecule has 2 aromatic rings. The maximum atomic E-state index is 6.38. The third-order valence-electron chi connectivity index (χ3n) is 3.70. The molecule has 1 aliphatic rings. The number of aromatic nitrogens is 2. The highest BCUT2D eigenvalue weighted by atomic mass is 35.5. The van der Waals surface area contributed by atoms with Gasteiger partial charge in [-0.05, 0) is 18.1 Å². The number of anilines is 1. The molecule has 2 N–H and O–H groups in total. The second kappa shape index (κ2) is 5.48. The highest BCUT2D eigenvalue weighted by Crippen LogP contribution is 2.45. The van der Waals surface area contributed by atoms with Crippen LogP contribution >= 0.6 is 11.6 Å². The third kappa shape index (κ3) is 2.31. The van der Waals surface area contributed by atoms with E-state index in [9.17, 15) is 0 Å². The molecular formula is C15H18ClN3O2. The number of nitrogen functional groups attached to an aromatic ring is 1. The van der Waals surface area contributed by atoms with Crippen LogP contribution in [0.5, 0.6) is 11.5 Å². The normalized spacial score (nSPS) is 14.0. The number of hydrogen-bond donors (Lipinski definition) is 1. The summed E-state index contributed by atoms with van der Waals surface area (Å²) in [4.78, 5) is 0. The van der Waals surface area contributed by atoms with Crippen molar-refractivity contribution in [3.63, 3.8) is 0 Å². The van der Waals surface area contributed by atoms with Crippen LogP contribution < -0.4 is 15.2 Å². The molecule has 0 spiro atoms. The summed E-state index contributed by atoms with van der Waals surface area (Å²) in [5.41, 5.74) is 8.98. The van der Waals surface area contributed by atoms with Crippen LogP contribution in [0.25, 0.3) is 11.1 Å². The fourth-order valence-electron chi connectivity index (χ4n) is 2.59. The summed E-state index contributed by atoms with van der Waals surface area (Å²) in [6.07, 6.45) is 3.40. The van der Waals surface area contributed by atoms with E-state index in [0.717, 1.165) is 35.3 Å². The second-order valence-electron chi connectivity index (χ2n) is 5.01. The SMILES string of the molecule is CCc1c(-c2cnn(C)c2N)cc(Cl)c2c1OCCCO2. The van der Waals surface area contributed by atoms with E-state index in [1.807, 2.05) is 13.1 Å². The first-order valence-corrected chi connectivity index (χ1v) is 7.40. The number of halogens is 1. The van der Waals surface area contributed by atoms with Gasteiger partial charge >= 0.3 is 0 Å². The van der Waals surface area contributed by atoms with Crippen molar-refractivity contribution in [2.75, 3.05) is 18.9 Å². The molecule has 5 nitrogen and oxygen atoms in total. The maximum absolute atomic E-state index is 6.38. The van der Waals surface area contributed by atoms with Gasteiger partial charge in [0.1, 0.15) is 5.82 Å². The molecule has 0 saturated carbocycles. The van der Waals surface area contributed by atoms with Crippen molar-refractivity contribution in [3.8, 4) is 22.6 Å². The summed E-state index contributed by atoms with van der Waals surface area (Å²) in [6.45, 7) is 3.32. The molecule has 0 aliphatic carbocycles. The van der Waals surface area contributed by atoms with Gasteiger partial charge in [-0.25, -0.2) is 0 Å². The van der Waals surface area contributed by atoms with Crippen LogP contribution in [0.4, 0.5) is 5.82 Å². The third-order valence-corrected chi connectivity index (χ3v) is 3.98. The largest absolute Gasteiger partial charge is 0.489 e. The summed E-state index contributed by atoms with van der Waals surface area (Å²) < 4.78 is 13.3. The zero-order valence-electron chi connectivity index (χ0n) is 12.1. The summed E-state index contributed by atoms with van der Waals surface area (Å²) in [5, 5.41) is 4.75. The molecular weight excluding hydrogens is 290 g/mol. The van der Waals surface area contributed by atoms with Gasteiger partial charge in [0, 0.05) is 24.6 Å². The lowest BCUT2D eigenvalue weighted by atomic mass is 9.98. The van der Waals surface area contributed by atoms with Crippen molar-refractivity contribution < 1.29 is 9.47 Å². The molecule has 0 saturated heterocycles. The van der Waals surface area contributed by atoms with E-state index >= 15 is 0 Å².